The van der Waals surface area contributed by atoms with E-state index in [-0.39, 0.29) is 23.6 Å². The molecule has 0 spiro atoms. The number of nitrogens with one attached hydrogen (secondary N) is 1. The van der Waals surface area contributed by atoms with Crippen molar-refractivity contribution >= 4 is 28.4 Å². The second kappa shape index (κ2) is 10.7. The van der Waals surface area contributed by atoms with Crippen LogP contribution in [0.1, 0.15) is 29.5 Å². The normalized spacial score (nSPS) is 18.8. The van der Waals surface area contributed by atoms with E-state index in [0.717, 1.165) is 27.8 Å². The number of nitrogens with zero attached hydrogens (tertiary/aromatic N) is 5. The quantitative estimate of drug-likeness (QED) is 0.326. The average Bonchev–Trinajstić information content (AvgIpc) is 3.52. The summed E-state index contributed by atoms with van der Waals surface area (Å²) in [6.07, 6.45) is 5.89. The van der Waals surface area contributed by atoms with Crippen LogP contribution in [-0.2, 0) is 11.2 Å². The van der Waals surface area contributed by atoms with Gasteiger partial charge in [-0.25, -0.2) is 19.0 Å². The third-order valence-corrected chi connectivity index (χ3v) is 7.42. The summed E-state index contributed by atoms with van der Waals surface area (Å²) in [5.74, 6) is -1.19. The Balaban J connectivity index is 1.36. The van der Waals surface area contributed by atoms with E-state index in [1.165, 1.54) is 24.5 Å². The molecule has 3 aromatic carbocycles. The Morgan fingerprint density at radius 2 is 1.68 bits per heavy atom. The van der Waals surface area contributed by atoms with E-state index in [9.17, 15) is 14.0 Å². The number of hydrogen-bond donors (Lipinski definition) is 1. The van der Waals surface area contributed by atoms with Crippen molar-refractivity contribution in [2.75, 3.05) is 4.90 Å². The van der Waals surface area contributed by atoms with Crippen LogP contribution >= 0.6 is 0 Å². The topological polar surface area (TPSA) is 93.0 Å². The maximum atomic E-state index is 14.1. The van der Waals surface area contributed by atoms with E-state index in [4.69, 9.17) is 0 Å². The molecule has 1 aliphatic rings. The Morgan fingerprint density at radius 3 is 2.40 bits per heavy atom. The molecular formula is C31H27FN6O2. The molecule has 0 aliphatic carbocycles. The molecule has 0 bridgehead atoms. The van der Waals surface area contributed by atoms with Gasteiger partial charge in [0.05, 0.1) is 35.4 Å². The van der Waals surface area contributed by atoms with E-state index >= 15 is 0 Å². The van der Waals surface area contributed by atoms with Gasteiger partial charge in [-0.1, -0.05) is 37.3 Å². The average molecular weight is 535 g/mol. The number of halogens is 1. The van der Waals surface area contributed by atoms with Gasteiger partial charge >= 0.3 is 0 Å². The minimum Gasteiger partial charge on any atom is -0.344 e. The van der Waals surface area contributed by atoms with Gasteiger partial charge in [0.2, 0.25) is 11.7 Å². The standard InChI is InChI=1S/C31H27FN6O2/c1-2-26-28(36-30(39)29-33-15-6-16-34-29)25(17-20-7-4-3-5-8-20)31(40)37(26)24-13-14-27-21(18-24)19-35-38(27)23-11-9-22(32)10-12-23/h3-16,18-19,25-26,28H,2,17H2,1H3,(H,36,39)/t25-,26+,28-/m0/s1. The van der Waals surface area contributed by atoms with Gasteiger partial charge in [0.15, 0.2) is 0 Å². The summed E-state index contributed by atoms with van der Waals surface area (Å²) in [4.78, 5) is 37.2. The summed E-state index contributed by atoms with van der Waals surface area (Å²) in [6, 6.07) is 22.6. The largest absolute Gasteiger partial charge is 0.344 e. The van der Waals surface area contributed by atoms with E-state index in [1.54, 1.807) is 34.0 Å². The summed E-state index contributed by atoms with van der Waals surface area (Å²) in [6.45, 7) is 2.01. The molecule has 0 saturated carbocycles. The highest BCUT2D eigenvalue weighted by Crippen LogP contribution is 2.36. The number of carbonyl (C=O) groups excluding carboxylic acids is 2. The lowest BCUT2D eigenvalue weighted by atomic mass is 9.90. The Morgan fingerprint density at radius 1 is 0.950 bits per heavy atom. The smallest absolute Gasteiger partial charge is 0.289 e. The lowest BCUT2D eigenvalue weighted by molar-refractivity contribution is -0.120. The molecule has 200 valence electrons. The van der Waals surface area contributed by atoms with E-state index in [0.29, 0.717) is 12.8 Å². The number of anilines is 1. The van der Waals surface area contributed by atoms with E-state index < -0.39 is 17.9 Å². The van der Waals surface area contributed by atoms with Gasteiger partial charge in [0, 0.05) is 23.5 Å². The molecule has 3 heterocycles. The first-order valence-corrected chi connectivity index (χ1v) is 13.2. The fourth-order valence-electron chi connectivity index (χ4n) is 5.55. The second-order valence-corrected chi connectivity index (χ2v) is 9.83. The van der Waals surface area contributed by atoms with Crippen LogP contribution in [0.15, 0.2) is 97.5 Å². The zero-order valence-corrected chi connectivity index (χ0v) is 21.8. The van der Waals surface area contributed by atoms with Crippen molar-refractivity contribution in [2.24, 2.45) is 5.92 Å². The van der Waals surface area contributed by atoms with Crippen LogP contribution in [0.2, 0.25) is 0 Å². The predicted octanol–water partition coefficient (Wildman–Crippen LogP) is 4.74. The van der Waals surface area contributed by atoms with Gasteiger partial charge in [-0.15, -0.1) is 0 Å². The minimum atomic E-state index is -0.474. The SMILES string of the molecule is CC[C@@H]1[C@@H](NC(=O)c2ncccn2)[C@H](Cc2ccccc2)C(=O)N1c1ccc2c(cnn2-c2ccc(F)cc2)c1. The molecule has 2 amide bonds. The number of hydrogen-bond acceptors (Lipinski definition) is 5. The lowest BCUT2D eigenvalue weighted by Gasteiger charge is -2.28. The van der Waals surface area contributed by atoms with Gasteiger partial charge in [0.25, 0.3) is 5.91 Å². The minimum absolute atomic E-state index is 0.0553. The summed E-state index contributed by atoms with van der Waals surface area (Å²) in [5.41, 5.74) is 3.32. The summed E-state index contributed by atoms with van der Waals surface area (Å²) in [5, 5.41) is 8.43. The maximum Gasteiger partial charge on any atom is 0.289 e. The molecule has 8 nitrogen and oxygen atoms in total. The van der Waals surface area contributed by atoms with Gasteiger partial charge in [-0.2, -0.15) is 5.10 Å². The van der Waals surface area contributed by atoms with E-state index in [1.807, 2.05) is 55.5 Å². The van der Waals surface area contributed by atoms with Crippen LogP contribution in [0.4, 0.5) is 10.1 Å². The Bertz CT molecular complexity index is 1660. The zero-order valence-electron chi connectivity index (χ0n) is 21.8. The first-order chi connectivity index (χ1) is 19.5. The highest BCUT2D eigenvalue weighted by atomic mass is 19.1. The molecule has 2 aromatic heterocycles. The van der Waals surface area contributed by atoms with Crippen molar-refractivity contribution in [1.82, 2.24) is 25.1 Å². The van der Waals surface area contributed by atoms with Crippen molar-refractivity contribution in [3.8, 4) is 5.69 Å². The molecule has 1 N–H and O–H groups in total. The highest BCUT2D eigenvalue weighted by molar-refractivity contribution is 6.02. The number of aromatic nitrogens is 4. The number of rotatable bonds is 7. The third-order valence-electron chi connectivity index (χ3n) is 7.42. The molecular weight excluding hydrogens is 507 g/mol. The Hall–Kier alpha value is -4.92. The second-order valence-electron chi connectivity index (χ2n) is 9.83. The summed E-state index contributed by atoms with van der Waals surface area (Å²) in [7, 11) is 0. The maximum absolute atomic E-state index is 14.1. The Labute approximate surface area is 230 Å². The molecule has 6 rings (SSSR count). The summed E-state index contributed by atoms with van der Waals surface area (Å²) < 4.78 is 15.2. The monoisotopic (exact) mass is 534 g/mol. The molecule has 1 aliphatic heterocycles. The molecule has 40 heavy (non-hydrogen) atoms. The van der Waals surface area contributed by atoms with Crippen LogP contribution in [0.25, 0.3) is 16.6 Å². The Kier molecular flexibility index (Phi) is 6.77. The first kappa shape index (κ1) is 25.4. The fraction of sp³-hybridized carbons (Fsp3) is 0.194. The van der Waals surface area contributed by atoms with Crippen molar-refractivity contribution < 1.29 is 14.0 Å². The van der Waals surface area contributed by atoms with Gasteiger partial charge in [0.1, 0.15) is 5.82 Å². The number of fused-ring (bicyclic) bond motifs is 1. The number of carbonyl (C=O) groups is 2. The molecule has 5 aromatic rings. The molecule has 1 saturated heterocycles. The molecule has 0 radical (unpaired) electrons. The predicted molar refractivity (Wildman–Crippen MR) is 150 cm³/mol. The third kappa shape index (κ3) is 4.70. The molecule has 0 unspecified atom stereocenters. The molecule has 1 fully saturated rings. The lowest BCUT2D eigenvalue weighted by Crippen LogP contribution is -2.47. The zero-order chi connectivity index (χ0) is 27.6. The molecule has 9 heteroatoms. The van der Waals surface area contributed by atoms with Crippen LogP contribution < -0.4 is 10.2 Å². The van der Waals surface area contributed by atoms with Crippen molar-refractivity contribution in [3.63, 3.8) is 0 Å². The van der Waals surface area contributed by atoms with Crippen LogP contribution in [0.5, 0.6) is 0 Å². The summed E-state index contributed by atoms with van der Waals surface area (Å²) >= 11 is 0. The van der Waals surface area contributed by atoms with Crippen LogP contribution in [0.3, 0.4) is 0 Å². The van der Waals surface area contributed by atoms with Gasteiger partial charge < -0.3 is 10.2 Å². The molecule has 3 atom stereocenters. The van der Waals surface area contributed by atoms with Crippen LogP contribution in [-0.4, -0.2) is 43.6 Å². The van der Waals surface area contributed by atoms with Crippen molar-refractivity contribution in [1.29, 1.82) is 0 Å². The van der Waals surface area contributed by atoms with Gasteiger partial charge in [-0.05, 0) is 66.9 Å². The number of benzene rings is 3. The van der Waals surface area contributed by atoms with E-state index in [2.05, 4.69) is 20.4 Å². The van der Waals surface area contributed by atoms with Crippen LogP contribution in [0, 0.1) is 11.7 Å². The first-order valence-electron chi connectivity index (χ1n) is 13.2. The van der Waals surface area contributed by atoms with Gasteiger partial charge in [-0.3, -0.25) is 9.59 Å². The highest BCUT2D eigenvalue weighted by Gasteiger charge is 2.48. The van der Waals surface area contributed by atoms with Crippen molar-refractivity contribution in [3.05, 3.63) is 115 Å². The number of amides is 2. The fourth-order valence-corrected chi connectivity index (χ4v) is 5.55. The van der Waals surface area contributed by atoms with Crippen molar-refractivity contribution in [2.45, 2.75) is 31.8 Å².